The molecule has 2 unspecified atom stereocenters. The number of amides is 1. The molecule has 2 aromatic rings. The number of piperazine rings is 1. The number of halogens is 2. The van der Waals surface area contributed by atoms with E-state index in [9.17, 15) is 4.79 Å². The molecule has 2 aliphatic heterocycles. The van der Waals surface area contributed by atoms with Gasteiger partial charge < -0.3 is 15.1 Å². The standard InChI is InChI=1S/C29H38Cl2N4O/c1-3-4-16-35-22(2)24(21-27(35)23-10-6-5-7-11-23)29(36)32-14-9-15-33-17-19-34(20-18-33)26-13-8-12-25(30)28(26)31/h5-8,10-13,21-22,24H,3-4,9,14-20H2,1-2H3,(H,32,36). The number of rotatable bonds is 10. The molecule has 1 N–H and O–H groups in total. The van der Waals surface area contributed by atoms with Gasteiger partial charge in [-0.15, -0.1) is 0 Å². The topological polar surface area (TPSA) is 38.8 Å². The lowest BCUT2D eigenvalue weighted by Gasteiger charge is -2.36. The van der Waals surface area contributed by atoms with Crippen LogP contribution in [-0.4, -0.2) is 67.6 Å². The second kappa shape index (κ2) is 12.8. The highest BCUT2D eigenvalue weighted by molar-refractivity contribution is 6.43. The molecule has 1 amide bonds. The van der Waals surface area contributed by atoms with Gasteiger partial charge in [0.2, 0.25) is 5.91 Å². The van der Waals surface area contributed by atoms with Crippen LogP contribution in [0.3, 0.4) is 0 Å². The van der Waals surface area contributed by atoms with Crippen LogP contribution >= 0.6 is 23.2 Å². The monoisotopic (exact) mass is 528 g/mol. The van der Waals surface area contributed by atoms with Gasteiger partial charge in [0.1, 0.15) is 0 Å². The fourth-order valence-electron chi connectivity index (χ4n) is 5.22. The maximum atomic E-state index is 13.1. The third-order valence-corrected chi connectivity index (χ3v) is 8.19. The lowest BCUT2D eigenvalue weighted by atomic mass is 10.0. The van der Waals surface area contributed by atoms with E-state index in [0.717, 1.165) is 64.2 Å². The average molecular weight is 530 g/mol. The summed E-state index contributed by atoms with van der Waals surface area (Å²) < 4.78 is 0. The molecule has 4 rings (SSSR count). The number of hydrogen-bond acceptors (Lipinski definition) is 4. The van der Waals surface area contributed by atoms with Gasteiger partial charge in [0.15, 0.2) is 0 Å². The summed E-state index contributed by atoms with van der Waals surface area (Å²) in [5, 5.41) is 4.45. The minimum absolute atomic E-state index is 0.122. The first-order valence-corrected chi connectivity index (χ1v) is 14.0. The number of nitrogens with zero attached hydrogens (tertiary/aromatic N) is 3. The smallest absolute Gasteiger partial charge is 0.229 e. The molecule has 7 heteroatoms. The van der Waals surface area contributed by atoms with Crippen molar-refractivity contribution in [2.45, 2.75) is 39.2 Å². The summed E-state index contributed by atoms with van der Waals surface area (Å²) in [6.07, 6.45) is 5.38. The summed E-state index contributed by atoms with van der Waals surface area (Å²) in [6, 6.07) is 16.4. The number of nitrogens with one attached hydrogen (secondary N) is 1. The van der Waals surface area contributed by atoms with Crippen LogP contribution < -0.4 is 10.2 Å². The van der Waals surface area contributed by atoms with Gasteiger partial charge in [-0.1, -0.05) is 72.9 Å². The Morgan fingerprint density at radius 3 is 2.44 bits per heavy atom. The van der Waals surface area contributed by atoms with E-state index in [1.165, 1.54) is 11.3 Å². The van der Waals surface area contributed by atoms with Gasteiger partial charge in [0, 0.05) is 51.0 Å². The second-order valence-electron chi connectivity index (χ2n) is 9.78. The van der Waals surface area contributed by atoms with Crippen molar-refractivity contribution < 1.29 is 4.79 Å². The van der Waals surface area contributed by atoms with Crippen molar-refractivity contribution in [2.24, 2.45) is 5.92 Å². The highest BCUT2D eigenvalue weighted by atomic mass is 35.5. The summed E-state index contributed by atoms with van der Waals surface area (Å²) in [5.41, 5.74) is 3.39. The SMILES string of the molecule is CCCCN1C(c2ccccc2)=CC(C(=O)NCCCN2CCN(c3cccc(Cl)c3Cl)CC2)C1C. The van der Waals surface area contributed by atoms with Gasteiger partial charge >= 0.3 is 0 Å². The van der Waals surface area contributed by atoms with E-state index in [-0.39, 0.29) is 17.9 Å². The van der Waals surface area contributed by atoms with E-state index >= 15 is 0 Å². The Bertz CT molecular complexity index is 1040. The number of carbonyl (C=O) groups is 1. The Morgan fingerprint density at radius 2 is 1.72 bits per heavy atom. The summed E-state index contributed by atoms with van der Waals surface area (Å²) in [5.74, 6) is 0.0124. The van der Waals surface area contributed by atoms with Crippen LogP contribution in [0.2, 0.25) is 10.0 Å². The van der Waals surface area contributed by atoms with E-state index in [0.29, 0.717) is 16.6 Å². The first-order chi connectivity index (χ1) is 17.5. The molecule has 0 bridgehead atoms. The molecule has 2 atom stereocenters. The van der Waals surface area contributed by atoms with Crippen LogP contribution in [0.15, 0.2) is 54.6 Å². The highest BCUT2D eigenvalue weighted by Gasteiger charge is 2.35. The third kappa shape index (κ3) is 6.37. The predicted octanol–water partition coefficient (Wildman–Crippen LogP) is 5.78. The van der Waals surface area contributed by atoms with Gasteiger partial charge in [-0.3, -0.25) is 9.69 Å². The molecule has 2 heterocycles. The zero-order valence-corrected chi connectivity index (χ0v) is 22.9. The van der Waals surface area contributed by atoms with E-state index in [1.54, 1.807) is 0 Å². The molecule has 36 heavy (non-hydrogen) atoms. The van der Waals surface area contributed by atoms with Gasteiger partial charge in [-0.05, 0) is 50.1 Å². The molecule has 2 aromatic carbocycles. The second-order valence-corrected chi connectivity index (χ2v) is 10.6. The quantitative estimate of drug-likeness (QED) is 0.396. The van der Waals surface area contributed by atoms with E-state index < -0.39 is 0 Å². The normalized spacial score (nSPS) is 20.5. The Balaban J connectivity index is 1.24. The molecule has 5 nitrogen and oxygen atoms in total. The Morgan fingerprint density at radius 1 is 0.972 bits per heavy atom. The van der Waals surface area contributed by atoms with Crippen molar-refractivity contribution in [1.82, 2.24) is 15.1 Å². The minimum atomic E-state index is -0.122. The lowest BCUT2D eigenvalue weighted by molar-refractivity contribution is -0.124. The van der Waals surface area contributed by atoms with Crippen LogP contribution in [0.25, 0.3) is 5.70 Å². The number of benzene rings is 2. The molecule has 0 radical (unpaired) electrons. The molecule has 0 spiro atoms. The summed E-state index contributed by atoms with van der Waals surface area (Å²) in [7, 11) is 0. The first-order valence-electron chi connectivity index (χ1n) is 13.2. The molecule has 194 valence electrons. The third-order valence-electron chi connectivity index (χ3n) is 7.38. The Labute approximate surface area is 226 Å². The molecular weight excluding hydrogens is 491 g/mol. The first kappa shape index (κ1) is 26.8. The van der Waals surface area contributed by atoms with Crippen LogP contribution in [0.1, 0.15) is 38.7 Å². The van der Waals surface area contributed by atoms with Crippen molar-refractivity contribution >= 4 is 40.5 Å². The van der Waals surface area contributed by atoms with Crippen molar-refractivity contribution in [3.63, 3.8) is 0 Å². The summed E-state index contributed by atoms with van der Waals surface area (Å²) in [4.78, 5) is 20.3. The fourth-order valence-corrected chi connectivity index (χ4v) is 5.63. The Hall–Kier alpha value is -2.21. The van der Waals surface area contributed by atoms with E-state index in [2.05, 4.69) is 64.2 Å². The molecule has 0 aromatic heterocycles. The van der Waals surface area contributed by atoms with Gasteiger partial charge in [0.05, 0.1) is 21.7 Å². The highest BCUT2D eigenvalue weighted by Crippen LogP contribution is 2.34. The molecule has 0 aliphatic carbocycles. The van der Waals surface area contributed by atoms with Crippen molar-refractivity contribution in [2.75, 3.05) is 50.7 Å². The van der Waals surface area contributed by atoms with Crippen LogP contribution in [0, 0.1) is 5.92 Å². The largest absolute Gasteiger partial charge is 0.368 e. The number of hydrogen-bond donors (Lipinski definition) is 1. The van der Waals surface area contributed by atoms with Gasteiger partial charge in [-0.2, -0.15) is 0 Å². The molecular formula is C29H38Cl2N4O. The maximum absolute atomic E-state index is 13.1. The average Bonchev–Trinajstić information content (AvgIpc) is 3.23. The van der Waals surface area contributed by atoms with E-state index in [1.807, 2.05) is 24.3 Å². The van der Waals surface area contributed by atoms with Crippen molar-refractivity contribution in [3.8, 4) is 0 Å². The van der Waals surface area contributed by atoms with Crippen LogP contribution in [-0.2, 0) is 4.79 Å². The Kier molecular flexibility index (Phi) is 9.58. The number of anilines is 1. The number of carbonyl (C=O) groups excluding carboxylic acids is 1. The predicted molar refractivity (Wildman–Crippen MR) is 152 cm³/mol. The molecule has 1 fully saturated rings. The lowest BCUT2D eigenvalue weighted by Crippen LogP contribution is -2.47. The minimum Gasteiger partial charge on any atom is -0.368 e. The van der Waals surface area contributed by atoms with Gasteiger partial charge in [0.25, 0.3) is 0 Å². The maximum Gasteiger partial charge on any atom is 0.229 e. The van der Waals surface area contributed by atoms with Crippen LogP contribution in [0.4, 0.5) is 5.69 Å². The van der Waals surface area contributed by atoms with E-state index in [4.69, 9.17) is 23.2 Å². The molecule has 2 aliphatic rings. The van der Waals surface area contributed by atoms with Gasteiger partial charge in [-0.25, -0.2) is 0 Å². The fraction of sp³-hybridized carbons (Fsp3) is 0.483. The molecule has 1 saturated heterocycles. The summed E-state index contributed by atoms with van der Waals surface area (Å²) >= 11 is 12.6. The molecule has 0 saturated carbocycles. The zero-order chi connectivity index (χ0) is 25.5. The zero-order valence-electron chi connectivity index (χ0n) is 21.4. The van der Waals surface area contributed by atoms with Crippen LogP contribution in [0.5, 0.6) is 0 Å². The van der Waals surface area contributed by atoms with Crippen molar-refractivity contribution in [3.05, 3.63) is 70.2 Å². The summed E-state index contributed by atoms with van der Waals surface area (Å²) in [6.45, 7) is 10.9. The number of unbranched alkanes of at least 4 members (excludes halogenated alkanes) is 1. The van der Waals surface area contributed by atoms with Crippen molar-refractivity contribution in [1.29, 1.82) is 0 Å².